The number of aromatic nitrogens is 2. The molecule has 0 aromatic carbocycles. The lowest BCUT2D eigenvalue weighted by Crippen LogP contribution is -1.77. The second kappa shape index (κ2) is 2.26. The molecule has 1 rings (SSSR count). The molecule has 0 amide bonds. The molecule has 44 valence electrons. The van der Waals surface area contributed by atoms with Crippen LogP contribution in [0.5, 0.6) is 0 Å². The molecule has 0 aliphatic rings. The highest BCUT2D eigenvalue weighted by molar-refractivity contribution is 9.08. The summed E-state index contributed by atoms with van der Waals surface area (Å²) < 4.78 is 4.66. The summed E-state index contributed by atoms with van der Waals surface area (Å²) in [5, 5.41) is 4.26. The zero-order valence-electron chi connectivity index (χ0n) is 4.39. The van der Waals surface area contributed by atoms with Gasteiger partial charge >= 0.3 is 0 Å². The Balaban J connectivity index is 2.84. The highest BCUT2D eigenvalue weighted by Crippen LogP contribution is 1.98. The minimum Gasteiger partial charge on any atom is -0.340 e. The third-order valence-electron chi connectivity index (χ3n) is 0.689. The number of hydrogen-bond acceptors (Lipinski definition) is 3. The van der Waals surface area contributed by atoms with Gasteiger partial charge in [-0.25, -0.2) is 0 Å². The Hall–Kier alpha value is -0.380. The first kappa shape index (κ1) is 5.75. The van der Waals surface area contributed by atoms with Crippen molar-refractivity contribution in [1.29, 1.82) is 0 Å². The van der Waals surface area contributed by atoms with Gasteiger partial charge in [-0.05, 0) is 0 Å². The maximum absolute atomic E-state index is 4.66. The maximum Gasteiger partial charge on any atom is 0.223 e. The number of rotatable bonds is 1. The summed E-state index contributed by atoms with van der Waals surface area (Å²) in [4.78, 5) is 3.90. The fourth-order valence-corrected chi connectivity index (χ4v) is 0.623. The molecule has 0 N–H and O–H groups in total. The van der Waals surface area contributed by atoms with E-state index in [9.17, 15) is 0 Å². The summed E-state index contributed by atoms with van der Waals surface area (Å²) >= 11 is 3.19. The Kier molecular flexibility index (Phi) is 1.62. The van der Waals surface area contributed by atoms with Crippen LogP contribution in [0.3, 0.4) is 0 Å². The van der Waals surface area contributed by atoms with Crippen molar-refractivity contribution in [1.82, 2.24) is 10.1 Å². The van der Waals surface area contributed by atoms with E-state index in [1.165, 1.54) is 0 Å². The van der Waals surface area contributed by atoms with Crippen LogP contribution in [0.15, 0.2) is 4.52 Å². The van der Waals surface area contributed by atoms with Gasteiger partial charge in [0, 0.05) is 6.92 Å². The quantitative estimate of drug-likeness (QED) is 0.606. The lowest BCUT2D eigenvalue weighted by atomic mass is 10.7. The fraction of sp³-hybridized carbons (Fsp3) is 0.500. The third-order valence-corrected chi connectivity index (χ3v) is 1.19. The Bertz CT molecular complexity index is 174. The second-order valence-electron chi connectivity index (χ2n) is 1.36. The molecule has 0 bridgehead atoms. The molecule has 1 aromatic rings. The fourth-order valence-electron chi connectivity index (χ4n) is 0.396. The number of aryl methyl sites for hydroxylation is 1. The Morgan fingerprint density at radius 3 is 2.75 bits per heavy atom. The summed E-state index contributed by atoms with van der Waals surface area (Å²) in [5.41, 5.74) is 0. The van der Waals surface area contributed by atoms with E-state index in [1.54, 1.807) is 6.92 Å². The van der Waals surface area contributed by atoms with Crippen LogP contribution in [-0.2, 0) is 5.33 Å². The number of halogens is 1. The SMILES string of the molecule is Cc1nc(CBr)no1. The normalized spacial score (nSPS) is 9.75. The summed E-state index contributed by atoms with van der Waals surface area (Å²) in [6, 6.07) is 0. The molecular formula is C4H5BrN2O. The van der Waals surface area contributed by atoms with Crippen LogP contribution >= 0.6 is 15.9 Å². The van der Waals surface area contributed by atoms with Crippen LogP contribution in [-0.4, -0.2) is 10.1 Å². The molecule has 0 aliphatic carbocycles. The predicted molar refractivity (Wildman–Crippen MR) is 31.7 cm³/mol. The van der Waals surface area contributed by atoms with E-state index in [-0.39, 0.29) is 0 Å². The maximum atomic E-state index is 4.66. The molecular weight excluding hydrogens is 172 g/mol. The van der Waals surface area contributed by atoms with Crippen LogP contribution in [0.1, 0.15) is 11.7 Å². The van der Waals surface area contributed by atoms with E-state index in [1.807, 2.05) is 0 Å². The molecule has 0 fully saturated rings. The van der Waals surface area contributed by atoms with E-state index in [4.69, 9.17) is 0 Å². The summed E-state index contributed by atoms with van der Waals surface area (Å²) in [5.74, 6) is 1.31. The van der Waals surface area contributed by atoms with Gasteiger partial charge in [-0.2, -0.15) is 4.98 Å². The molecule has 0 radical (unpaired) electrons. The van der Waals surface area contributed by atoms with Gasteiger partial charge in [0.2, 0.25) is 5.89 Å². The van der Waals surface area contributed by atoms with Crippen molar-refractivity contribution >= 4 is 15.9 Å². The molecule has 0 spiro atoms. The van der Waals surface area contributed by atoms with E-state index in [0.717, 1.165) is 0 Å². The second-order valence-corrected chi connectivity index (χ2v) is 1.92. The molecule has 0 saturated carbocycles. The monoisotopic (exact) mass is 176 g/mol. The van der Waals surface area contributed by atoms with Gasteiger partial charge in [-0.15, -0.1) is 0 Å². The summed E-state index contributed by atoms with van der Waals surface area (Å²) in [6.45, 7) is 1.76. The smallest absolute Gasteiger partial charge is 0.223 e. The number of alkyl halides is 1. The minimum absolute atomic E-state index is 0.611. The van der Waals surface area contributed by atoms with Crippen molar-refractivity contribution in [3.05, 3.63) is 11.7 Å². The van der Waals surface area contributed by atoms with Crippen LogP contribution < -0.4 is 0 Å². The highest BCUT2D eigenvalue weighted by Gasteiger charge is 1.96. The molecule has 4 heteroatoms. The third kappa shape index (κ3) is 1.06. The molecule has 0 unspecified atom stereocenters. The molecule has 3 nitrogen and oxygen atoms in total. The van der Waals surface area contributed by atoms with Gasteiger partial charge in [-0.3, -0.25) is 0 Å². The molecule has 8 heavy (non-hydrogen) atoms. The van der Waals surface area contributed by atoms with Crippen LogP contribution in [0.4, 0.5) is 0 Å². The zero-order valence-corrected chi connectivity index (χ0v) is 5.97. The lowest BCUT2D eigenvalue weighted by Gasteiger charge is -1.72. The summed E-state index contributed by atoms with van der Waals surface area (Å²) in [7, 11) is 0. The van der Waals surface area contributed by atoms with Crippen LogP contribution in [0, 0.1) is 6.92 Å². The van der Waals surface area contributed by atoms with E-state index in [0.29, 0.717) is 17.0 Å². The Morgan fingerprint density at radius 2 is 2.50 bits per heavy atom. The molecule has 0 atom stereocenters. The van der Waals surface area contributed by atoms with Crippen molar-refractivity contribution < 1.29 is 4.52 Å². The van der Waals surface area contributed by atoms with Gasteiger partial charge in [0.15, 0.2) is 5.82 Å². The Labute approximate surface area is 55.2 Å². The van der Waals surface area contributed by atoms with Crippen molar-refractivity contribution in [2.24, 2.45) is 0 Å². The highest BCUT2D eigenvalue weighted by atomic mass is 79.9. The molecule has 0 saturated heterocycles. The van der Waals surface area contributed by atoms with Crippen molar-refractivity contribution in [2.75, 3.05) is 0 Å². The number of hydrogen-bond donors (Lipinski definition) is 0. The van der Waals surface area contributed by atoms with Crippen LogP contribution in [0.2, 0.25) is 0 Å². The van der Waals surface area contributed by atoms with Gasteiger partial charge in [0.05, 0.1) is 5.33 Å². The first-order valence-corrected chi connectivity index (χ1v) is 3.30. The average molecular weight is 177 g/mol. The van der Waals surface area contributed by atoms with Gasteiger partial charge in [0.25, 0.3) is 0 Å². The first-order chi connectivity index (χ1) is 3.83. The van der Waals surface area contributed by atoms with Crippen LogP contribution in [0.25, 0.3) is 0 Å². The van der Waals surface area contributed by atoms with E-state index in [2.05, 4.69) is 30.6 Å². The molecule has 0 aliphatic heterocycles. The van der Waals surface area contributed by atoms with Gasteiger partial charge in [0.1, 0.15) is 0 Å². The van der Waals surface area contributed by atoms with Crippen molar-refractivity contribution in [2.45, 2.75) is 12.3 Å². The first-order valence-electron chi connectivity index (χ1n) is 2.18. The predicted octanol–water partition coefficient (Wildman–Crippen LogP) is 1.27. The summed E-state index contributed by atoms with van der Waals surface area (Å²) in [6.07, 6.45) is 0. The van der Waals surface area contributed by atoms with E-state index < -0.39 is 0 Å². The number of nitrogens with zero attached hydrogens (tertiary/aromatic N) is 2. The minimum atomic E-state index is 0.611. The van der Waals surface area contributed by atoms with E-state index >= 15 is 0 Å². The zero-order chi connectivity index (χ0) is 5.98. The average Bonchev–Trinajstić information content (AvgIpc) is 2.14. The van der Waals surface area contributed by atoms with Crippen molar-refractivity contribution in [3.8, 4) is 0 Å². The van der Waals surface area contributed by atoms with Gasteiger partial charge in [-0.1, -0.05) is 21.1 Å². The standard InChI is InChI=1S/C4H5BrN2O/c1-3-6-4(2-5)7-8-3/h2H2,1H3. The molecule has 1 heterocycles. The van der Waals surface area contributed by atoms with Gasteiger partial charge < -0.3 is 4.52 Å². The molecule has 1 aromatic heterocycles. The Morgan fingerprint density at radius 1 is 1.75 bits per heavy atom. The largest absolute Gasteiger partial charge is 0.340 e. The lowest BCUT2D eigenvalue weighted by molar-refractivity contribution is 0.389. The topological polar surface area (TPSA) is 38.9 Å². The van der Waals surface area contributed by atoms with Crippen molar-refractivity contribution in [3.63, 3.8) is 0 Å².